The second-order valence-corrected chi connectivity index (χ2v) is 7.50. The number of aliphatic hydroxyl groups excluding tert-OH is 1. The Hall–Kier alpha value is -2.24. The summed E-state index contributed by atoms with van der Waals surface area (Å²) in [6.45, 7) is 3.70. The van der Waals surface area contributed by atoms with Gasteiger partial charge in [-0.2, -0.15) is 0 Å². The van der Waals surface area contributed by atoms with Crippen LogP contribution >= 0.6 is 11.8 Å². The van der Waals surface area contributed by atoms with Crippen LogP contribution in [-0.4, -0.2) is 31.1 Å². The first-order valence-electron chi connectivity index (χ1n) is 9.06. The summed E-state index contributed by atoms with van der Waals surface area (Å²) in [7, 11) is 0. The molecule has 134 valence electrons. The van der Waals surface area contributed by atoms with Gasteiger partial charge in [0.05, 0.1) is 12.6 Å². The van der Waals surface area contributed by atoms with Gasteiger partial charge in [0.25, 0.3) is 0 Å². The van der Waals surface area contributed by atoms with E-state index in [1.165, 1.54) is 21.8 Å². The Kier molecular flexibility index (Phi) is 5.00. The van der Waals surface area contributed by atoms with Crippen LogP contribution in [0.1, 0.15) is 13.3 Å². The summed E-state index contributed by atoms with van der Waals surface area (Å²) in [5.41, 5.74) is 2.34. The number of nitrogens with zero attached hydrogens (tertiary/aromatic N) is 3. The van der Waals surface area contributed by atoms with Gasteiger partial charge in [-0.15, -0.1) is 0 Å². The molecule has 0 aliphatic heterocycles. The number of thioether (sulfide) groups is 1. The van der Waals surface area contributed by atoms with Gasteiger partial charge in [-0.05, 0) is 18.6 Å². The van der Waals surface area contributed by atoms with Gasteiger partial charge in [0, 0.05) is 46.5 Å². The lowest BCUT2D eigenvalue weighted by molar-refractivity contribution is 0.181. The monoisotopic (exact) mass is 365 g/mol. The Morgan fingerprint density at radius 2 is 1.69 bits per heavy atom. The number of rotatable bonds is 7. The van der Waals surface area contributed by atoms with E-state index in [1.807, 2.05) is 12.4 Å². The molecule has 0 saturated heterocycles. The molecule has 2 heterocycles. The number of aryl methyl sites for hydroxylation is 1. The number of para-hydroxylation sites is 2. The fourth-order valence-electron chi connectivity index (χ4n) is 3.48. The van der Waals surface area contributed by atoms with Gasteiger partial charge in [-0.25, -0.2) is 4.98 Å². The van der Waals surface area contributed by atoms with Crippen molar-refractivity contribution >= 4 is 33.6 Å². The zero-order valence-corrected chi connectivity index (χ0v) is 15.7. The van der Waals surface area contributed by atoms with Gasteiger partial charge < -0.3 is 14.2 Å². The fourth-order valence-corrected chi connectivity index (χ4v) is 4.38. The highest BCUT2D eigenvalue weighted by molar-refractivity contribution is 7.99. The average molecular weight is 366 g/mol. The first-order chi connectivity index (χ1) is 12.8. The predicted octanol–water partition coefficient (Wildman–Crippen LogP) is 4.55. The molecule has 0 bridgehead atoms. The summed E-state index contributed by atoms with van der Waals surface area (Å²) in [4.78, 5) is 4.41. The Bertz CT molecular complexity index is 967. The molecule has 0 fully saturated rings. The van der Waals surface area contributed by atoms with Crippen molar-refractivity contribution in [3.63, 3.8) is 0 Å². The van der Waals surface area contributed by atoms with Gasteiger partial charge in [-0.1, -0.05) is 55.1 Å². The maximum absolute atomic E-state index is 10.7. The number of fused-ring (bicyclic) bond motifs is 3. The molecule has 5 heteroatoms. The van der Waals surface area contributed by atoms with Crippen molar-refractivity contribution in [2.45, 2.75) is 37.7 Å². The van der Waals surface area contributed by atoms with E-state index in [1.54, 1.807) is 11.8 Å². The van der Waals surface area contributed by atoms with E-state index in [0.717, 1.165) is 18.1 Å². The molecule has 0 saturated carbocycles. The van der Waals surface area contributed by atoms with Crippen LogP contribution in [0.5, 0.6) is 0 Å². The molecular weight excluding hydrogens is 342 g/mol. The minimum Gasteiger partial charge on any atom is -0.390 e. The molecule has 4 nitrogen and oxygen atoms in total. The Balaban J connectivity index is 1.55. The van der Waals surface area contributed by atoms with Crippen LogP contribution in [0.2, 0.25) is 0 Å². The van der Waals surface area contributed by atoms with E-state index >= 15 is 0 Å². The van der Waals surface area contributed by atoms with Crippen molar-refractivity contribution in [2.75, 3.05) is 5.75 Å². The van der Waals surface area contributed by atoms with Gasteiger partial charge >= 0.3 is 0 Å². The third kappa shape index (κ3) is 3.24. The van der Waals surface area contributed by atoms with Crippen LogP contribution in [0.25, 0.3) is 21.8 Å². The van der Waals surface area contributed by atoms with Crippen molar-refractivity contribution in [1.82, 2.24) is 14.1 Å². The Morgan fingerprint density at radius 1 is 1.04 bits per heavy atom. The quantitative estimate of drug-likeness (QED) is 0.489. The highest BCUT2D eigenvalue weighted by Gasteiger charge is 2.14. The number of aromatic nitrogens is 3. The molecule has 2 aromatic heterocycles. The lowest BCUT2D eigenvalue weighted by Gasteiger charge is -2.14. The lowest BCUT2D eigenvalue weighted by atomic mass is 10.2. The van der Waals surface area contributed by atoms with E-state index in [-0.39, 0.29) is 0 Å². The maximum atomic E-state index is 10.7. The number of aliphatic hydroxyl groups is 1. The third-order valence-electron chi connectivity index (χ3n) is 4.62. The van der Waals surface area contributed by atoms with Crippen molar-refractivity contribution in [3.05, 3.63) is 60.9 Å². The van der Waals surface area contributed by atoms with Crippen molar-refractivity contribution in [3.8, 4) is 0 Å². The molecule has 0 aliphatic carbocycles. The normalized spacial score (nSPS) is 12.8. The van der Waals surface area contributed by atoms with Gasteiger partial charge in [0.2, 0.25) is 0 Å². The second-order valence-electron chi connectivity index (χ2n) is 6.51. The summed E-state index contributed by atoms with van der Waals surface area (Å²) < 4.78 is 4.38. The van der Waals surface area contributed by atoms with Crippen LogP contribution in [0.3, 0.4) is 0 Å². The molecule has 0 aliphatic rings. The summed E-state index contributed by atoms with van der Waals surface area (Å²) >= 11 is 1.62. The second kappa shape index (κ2) is 7.56. The zero-order chi connectivity index (χ0) is 17.9. The minimum absolute atomic E-state index is 0.439. The van der Waals surface area contributed by atoms with Crippen LogP contribution < -0.4 is 0 Å². The van der Waals surface area contributed by atoms with Crippen molar-refractivity contribution in [2.24, 2.45) is 0 Å². The minimum atomic E-state index is -0.439. The summed E-state index contributed by atoms with van der Waals surface area (Å²) in [5, 5.41) is 14.1. The van der Waals surface area contributed by atoms with E-state index in [9.17, 15) is 5.11 Å². The van der Waals surface area contributed by atoms with Gasteiger partial charge in [0.15, 0.2) is 5.16 Å². The third-order valence-corrected chi connectivity index (χ3v) is 5.77. The average Bonchev–Trinajstić information content (AvgIpc) is 3.24. The van der Waals surface area contributed by atoms with Crippen LogP contribution in [0.15, 0.2) is 66.1 Å². The topological polar surface area (TPSA) is 43.0 Å². The highest BCUT2D eigenvalue weighted by atomic mass is 32.2. The van der Waals surface area contributed by atoms with Crippen LogP contribution in [0.4, 0.5) is 0 Å². The van der Waals surface area contributed by atoms with E-state index in [4.69, 9.17) is 0 Å². The standard InChI is InChI=1S/C21H23N3OS/c1-2-12-23-13-11-22-21(23)26-15-16(25)14-24-19-9-5-3-7-17(19)18-8-4-6-10-20(18)24/h3-11,13,16,25H,2,12,14-15H2,1H3. The van der Waals surface area contributed by atoms with E-state index < -0.39 is 6.10 Å². The van der Waals surface area contributed by atoms with Gasteiger partial charge in [0.1, 0.15) is 0 Å². The first-order valence-corrected chi connectivity index (χ1v) is 10.0. The van der Waals surface area contributed by atoms with Crippen molar-refractivity contribution in [1.29, 1.82) is 0 Å². The number of benzene rings is 2. The number of hydrogen-bond acceptors (Lipinski definition) is 3. The Labute approximate surface area is 157 Å². The molecule has 0 radical (unpaired) electrons. The molecule has 0 amide bonds. The van der Waals surface area contributed by atoms with Gasteiger partial charge in [-0.3, -0.25) is 0 Å². The molecule has 4 rings (SSSR count). The maximum Gasteiger partial charge on any atom is 0.168 e. The summed E-state index contributed by atoms with van der Waals surface area (Å²) in [6.07, 6.45) is 4.47. The molecule has 2 aromatic carbocycles. The highest BCUT2D eigenvalue weighted by Crippen LogP contribution is 2.29. The smallest absolute Gasteiger partial charge is 0.168 e. The largest absolute Gasteiger partial charge is 0.390 e. The van der Waals surface area contributed by atoms with Crippen molar-refractivity contribution < 1.29 is 5.11 Å². The number of hydrogen-bond donors (Lipinski definition) is 1. The summed E-state index contributed by atoms with van der Waals surface area (Å²) in [5.74, 6) is 0.627. The van der Waals surface area contributed by atoms with Crippen LogP contribution in [0, 0.1) is 0 Å². The lowest BCUT2D eigenvalue weighted by Crippen LogP contribution is -2.18. The molecule has 4 aromatic rings. The summed E-state index contributed by atoms with van der Waals surface area (Å²) in [6, 6.07) is 16.8. The molecule has 1 N–H and O–H groups in total. The molecule has 26 heavy (non-hydrogen) atoms. The molecule has 1 atom stereocenters. The van der Waals surface area contributed by atoms with E-state index in [2.05, 4.69) is 69.6 Å². The number of imidazole rings is 1. The first kappa shape index (κ1) is 17.2. The SMILES string of the molecule is CCCn1ccnc1SCC(O)Cn1c2ccccc2c2ccccc21. The molecule has 1 unspecified atom stereocenters. The Morgan fingerprint density at radius 3 is 2.35 bits per heavy atom. The van der Waals surface area contributed by atoms with Crippen LogP contribution in [-0.2, 0) is 13.1 Å². The predicted molar refractivity (Wildman–Crippen MR) is 109 cm³/mol. The zero-order valence-electron chi connectivity index (χ0n) is 14.9. The fraction of sp³-hybridized carbons (Fsp3) is 0.286. The van der Waals surface area contributed by atoms with E-state index in [0.29, 0.717) is 12.3 Å². The molecular formula is C21H23N3OS. The molecule has 0 spiro atoms.